The molecular formula is C20H21N7O2S. The number of nitrogen functional groups attached to an aromatic ring is 1. The minimum atomic E-state index is -3.75. The van der Waals surface area contributed by atoms with Gasteiger partial charge in [-0.2, -0.15) is 10.4 Å². The van der Waals surface area contributed by atoms with Gasteiger partial charge < -0.3 is 5.73 Å². The van der Waals surface area contributed by atoms with Crippen LogP contribution in [0.15, 0.2) is 35.6 Å². The van der Waals surface area contributed by atoms with Gasteiger partial charge in [0, 0.05) is 11.1 Å². The first kappa shape index (κ1) is 19.0. The minimum absolute atomic E-state index is 0.175. The molecule has 0 atom stereocenters. The van der Waals surface area contributed by atoms with Gasteiger partial charge in [0.15, 0.2) is 11.5 Å². The molecule has 2 heterocycles. The third kappa shape index (κ3) is 2.77. The van der Waals surface area contributed by atoms with E-state index in [4.69, 9.17) is 5.73 Å². The van der Waals surface area contributed by atoms with Gasteiger partial charge in [0.1, 0.15) is 6.33 Å². The molecule has 0 radical (unpaired) electrons. The fourth-order valence-corrected chi connectivity index (χ4v) is 6.48. The zero-order valence-corrected chi connectivity index (χ0v) is 17.3. The largest absolute Gasteiger partial charge is 0.381 e. The fraction of sp³-hybridized carbons (Fsp3) is 0.400. The number of rotatable bonds is 4. The number of anilines is 1. The van der Waals surface area contributed by atoms with Crippen LogP contribution >= 0.6 is 0 Å². The number of imidazole rings is 1. The van der Waals surface area contributed by atoms with E-state index in [9.17, 15) is 13.7 Å². The molecule has 1 aromatic carbocycles. The lowest BCUT2D eigenvalue weighted by Gasteiger charge is -2.57. The number of sulfonamides is 1. The zero-order valence-electron chi connectivity index (χ0n) is 16.5. The number of nitrogens with zero attached hydrogens (tertiary/aromatic N) is 5. The highest BCUT2D eigenvalue weighted by Gasteiger charge is 2.59. The van der Waals surface area contributed by atoms with Gasteiger partial charge in [0.05, 0.1) is 28.3 Å². The molecule has 3 saturated carbocycles. The smallest absolute Gasteiger partial charge is 0.241 e. The van der Waals surface area contributed by atoms with Crippen molar-refractivity contribution in [1.29, 1.82) is 5.26 Å². The maximum absolute atomic E-state index is 13.2. The van der Waals surface area contributed by atoms with Crippen LogP contribution in [-0.2, 0) is 10.0 Å². The SMILES string of the molecule is Cc1ccc(S(=O)(=O)NC23CCCC(C#N)(C2)C3)cc1-c1cnc2c(N)ncnn12. The molecule has 10 heteroatoms. The average Bonchev–Trinajstić information content (AvgIpc) is 3.12. The van der Waals surface area contributed by atoms with Crippen molar-refractivity contribution in [3.63, 3.8) is 0 Å². The predicted molar refractivity (Wildman–Crippen MR) is 110 cm³/mol. The second-order valence-electron chi connectivity index (χ2n) is 8.49. The van der Waals surface area contributed by atoms with E-state index in [1.165, 1.54) is 6.33 Å². The van der Waals surface area contributed by atoms with Crippen LogP contribution in [0, 0.1) is 23.7 Å². The number of benzene rings is 1. The van der Waals surface area contributed by atoms with Crippen LogP contribution in [0.3, 0.4) is 0 Å². The maximum Gasteiger partial charge on any atom is 0.241 e. The molecule has 6 rings (SSSR count). The van der Waals surface area contributed by atoms with Crippen LogP contribution in [-0.4, -0.2) is 33.5 Å². The lowest BCUT2D eigenvalue weighted by atomic mass is 9.51. The highest BCUT2D eigenvalue weighted by molar-refractivity contribution is 7.89. The van der Waals surface area contributed by atoms with E-state index in [1.807, 2.05) is 6.92 Å². The third-order valence-electron chi connectivity index (χ3n) is 6.38. The first-order chi connectivity index (χ1) is 14.3. The average molecular weight is 424 g/mol. The molecule has 30 heavy (non-hydrogen) atoms. The van der Waals surface area contributed by atoms with Crippen molar-refractivity contribution >= 4 is 21.5 Å². The highest BCUT2D eigenvalue weighted by Crippen LogP contribution is 2.58. The molecule has 0 aliphatic heterocycles. The van der Waals surface area contributed by atoms with Crippen LogP contribution in [0.4, 0.5) is 5.82 Å². The molecule has 3 aliphatic rings. The summed E-state index contributed by atoms with van der Waals surface area (Å²) in [7, 11) is -3.75. The standard InChI is InChI=1S/C20H21N7O2S/c1-13-3-4-14(7-15(13)16-8-23-18-17(22)24-12-25-27(16)18)30(28,29)26-20-6-2-5-19(9-20,10-20)11-21/h3-4,7-8,12,26H,2,5-6,9-10H2,1H3,(H2,22,24,25). The van der Waals surface area contributed by atoms with Crippen molar-refractivity contribution in [2.45, 2.75) is 49.5 Å². The van der Waals surface area contributed by atoms with Gasteiger partial charge in [-0.3, -0.25) is 0 Å². The van der Waals surface area contributed by atoms with E-state index >= 15 is 0 Å². The van der Waals surface area contributed by atoms with Crippen molar-refractivity contribution in [1.82, 2.24) is 24.3 Å². The molecule has 3 aromatic rings. The normalized spacial score (nSPS) is 25.6. The molecule has 0 amide bonds. The lowest BCUT2D eigenvalue weighted by molar-refractivity contribution is 0.00643. The number of aromatic nitrogens is 4. The van der Waals surface area contributed by atoms with Crippen LogP contribution in [0.2, 0.25) is 0 Å². The van der Waals surface area contributed by atoms with Crippen LogP contribution in [0.5, 0.6) is 0 Å². The summed E-state index contributed by atoms with van der Waals surface area (Å²) in [4.78, 5) is 8.39. The molecule has 0 unspecified atom stereocenters. The van der Waals surface area contributed by atoms with E-state index in [-0.39, 0.29) is 16.1 Å². The first-order valence-electron chi connectivity index (χ1n) is 9.77. The minimum Gasteiger partial charge on any atom is -0.381 e. The molecule has 2 aromatic heterocycles. The Bertz CT molecular complexity index is 1320. The Balaban J connectivity index is 1.52. The first-order valence-corrected chi connectivity index (χ1v) is 11.3. The van der Waals surface area contributed by atoms with Crippen molar-refractivity contribution < 1.29 is 8.42 Å². The topological polar surface area (TPSA) is 139 Å². The van der Waals surface area contributed by atoms with Gasteiger partial charge in [0.2, 0.25) is 10.0 Å². The summed E-state index contributed by atoms with van der Waals surface area (Å²) < 4.78 is 30.9. The summed E-state index contributed by atoms with van der Waals surface area (Å²) in [6, 6.07) is 7.39. The summed E-state index contributed by atoms with van der Waals surface area (Å²) in [6.07, 6.45) is 6.58. The van der Waals surface area contributed by atoms with Crippen molar-refractivity contribution in [3.8, 4) is 17.3 Å². The lowest BCUT2D eigenvalue weighted by Crippen LogP contribution is -2.64. The van der Waals surface area contributed by atoms with E-state index in [1.54, 1.807) is 28.9 Å². The second kappa shape index (κ2) is 6.23. The van der Waals surface area contributed by atoms with Gasteiger partial charge in [-0.1, -0.05) is 6.07 Å². The van der Waals surface area contributed by atoms with Crippen molar-refractivity contribution in [2.75, 3.05) is 5.73 Å². The highest BCUT2D eigenvalue weighted by atomic mass is 32.2. The second-order valence-corrected chi connectivity index (χ2v) is 10.2. The van der Waals surface area contributed by atoms with Gasteiger partial charge >= 0.3 is 0 Å². The molecule has 0 saturated heterocycles. The number of nitrogens with one attached hydrogen (secondary N) is 1. The molecule has 9 nitrogen and oxygen atoms in total. The Hall–Kier alpha value is -3.03. The number of nitriles is 1. The van der Waals surface area contributed by atoms with Gasteiger partial charge in [-0.25, -0.2) is 27.6 Å². The Kier molecular flexibility index (Phi) is 3.94. The molecule has 0 spiro atoms. The van der Waals surface area contributed by atoms with Crippen LogP contribution < -0.4 is 10.5 Å². The quantitative estimate of drug-likeness (QED) is 0.655. The summed E-state index contributed by atoms with van der Waals surface area (Å²) in [5, 5.41) is 13.6. The van der Waals surface area contributed by atoms with Crippen molar-refractivity contribution in [2.24, 2.45) is 5.41 Å². The molecule has 2 bridgehead atoms. The predicted octanol–water partition coefficient (Wildman–Crippen LogP) is 2.19. The van der Waals surface area contributed by atoms with E-state index in [0.717, 1.165) is 24.8 Å². The maximum atomic E-state index is 13.2. The van der Waals surface area contributed by atoms with Crippen LogP contribution in [0.1, 0.15) is 37.7 Å². The Morgan fingerprint density at radius 2 is 2.07 bits per heavy atom. The fourth-order valence-electron chi connectivity index (χ4n) is 5.03. The number of hydrogen-bond acceptors (Lipinski definition) is 7. The Morgan fingerprint density at radius 3 is 2.83 bits per heavy atom. The Morgan fingerprint density at radius 1 is 1.27 bits per heavy atom. The van der Waals surface area contributed by atoms with E-state index < -0.39 is 15.6 Å². The molecule has 3 N–H and O–H groups in total. The molecular weight excluding hydrogens is 402 g/mol. The number of fused-ring (bicyclic) bond motifs is 3. The van der Waals surface area contributed by atoms with Gasteiger partial charge in [-0.15, -0.1) is 0 Å². The zero-order chi connectivity index (χ0) is 21.1. The summed E-state index contributed by atoms with van der Waals surface area (Å²) in [6.45, 7) is 1.90. The van der Waals surface area contributed by atoms with Gasteiger partial charge in [-0.05, 0) is 56.7 Å². The van der Waals surface area contributed by atoms with Crippen LogP contribution in [0.25, 0.3) is 16.9 Å². The number of hydrogen-bond donors (Lipinski definition) is 2. The molecule has 154 valence electrons. The molecule has 3 aliphatic carbocycles. The summed E-state index contributed by atoms with van der Waals surface area (Å²) in [5.74, 6) is 0.252. The van der Waals surface area contributed by atoms with Gasteiger partial charge in [0.25, 0.3) is 0 Å². The molecule has 3 fully saturated rings. The third-order valence-corrected chi connectivity index (χ3v) is 7.95. The number of aryl methyl sites for hydroxylation is 1. The summed E-state index contributed by atoms with van der Waals surface area (Å²) >= 11 is 0. The summed E-state index contributed by atoms with van der Waals surface area (Å²) in [5.41, 5.74) is 7.63. The monoisotopic (exact) mass is 423 g/mol. The number of nitrogens with two attached hydrogens (primary N) is 1. The Labute approximate surface area is 174 Å². The van der Waals surface area contributed by atoms with E-state index in [2.05, 4.69) is 25.9 Å². The van der Waals surface area contributed by atoms with E-state index in [0.29, 0.717) is 29.7 Å². The van der Waals surface area contributed by atoms with Crippen molar-refractivity contribution in [3.05, 3.63) is 36.3 Å².